The lowest BCUT2D eigenvalue weighted by atomic mass is 10.4. The summed E-state index contributed by atoms with van der Waals surface area (Å²) in [5.74, 6) is 1.10. The Labute approximate surface area is 118 Å². The average molecular weight is 293 g/mol. The third-order valence-corrected chi connectivity index (χ3v) is 5.31. The highest BCUT2D eigenvalue weighted by atomic mass is 32.2. The number of carbonyl (C=O) groups excluding carboxylic acids is 1. The Kier molecular flexibility index (Phi) is 3.54. The minimum absolute atomic E-state index is 0.123. The molecular weight excluding hydrogens is 282 g/mol. The predicted molar refractivity (Wildman–Crippen MR) is 80.1 cm³/mol. The van der Waals surface area contributed by atoms with Gasteiger partial charge in [-0.05, 0) is 29.0 Å². The first-order valence-electron chi connectivity index (χ1n) is 5.58. The van der Waals surface area contributed by atoms with Crippen LogP contribution in [0.5, 0.6) is 0 Å². The first-order valence-corrected chi connectivity index (χ1v) is 8.32. The highest BCUT2D eigenvalue weighted by Crippen LogP contribution is 2.32. The van der Waals surface area contributed by atoms with Crippen molar-refractivity contribution < 1.29 is 4.79 Å². The largest absolute Gasteiger partial charge is 0.301 e. The summed E-state index contributed by atoms with van der Waals surface area (Å²) in [4.78, 5) is 16.2. The molecule has 1 aliphatic heterocycles. The fourth-order valence-corrected chi connectivity index (χ4v) is 4.20. The molecule has 1 amide bonds. The van der Waals surface area contributed by atoms with Gasteiger partial charge in [0, 0.05) is 17.2 Å². The third kappa shape index (κ3) is 2.39. The first-order chi connectivity index (χ1) is 8.84. The predicted octanol–water partition coefficient (Wildman–Crippen LogP) is 4.00. The van der Waals surface area contributed by atoms with Gasteiger partial charge in [-0.3, -0.25) is 4.79 Å². The third-order valence-electron chi connectivity index (χ3n) is 2.62. The fourth-order valence-electron chi connectivity index (χ4n) is 1.78. The van der Waals surface area contributed by atoms with Crippen LogP contribution in [0, 0.1) is 0 Å². The minimum atomic E-state index is 0.123. The van der Waals surface area contributed by atoms with Crippen molar-refractivity contribution >= 4 is 46.4 Å². The van der Waals surface area contributed by atoms with Crippen LogP contribution >= 0.6 is 34.4 Å². The minimum Gasteiger partial charge on any atom is -0.301 e. The quantitative estimate of drug-likeness (QED) is 0.834. The van der Waals surface area contributed by atoms with Crippen LogP contribution in [0.4, 0.5) is 0 Å². The van der Waals surface area contributed by atoms with E-state index in [1.54, 1.807) is 23.1 Å². The van der Waals surface area contributed by atoms with E-state index in [0.29, 0.717) is 0 Å². The van der Waals surface area contributed by atoms with Crippen LogP contribution in [0.15, 0.2) is 40.1 Å². The van der Waals surface area contributed by atoms with Crippen LogP contribution in [0.25, 0.3) is 6.08 Å². The van der Waals surface area contributed by atoms with Gasteiger partial charge in [0.2, 0.25) is 0 Å². The summed E-state index contributed by atoms with van der Waals surface area (Å²) in [6.45, 7) is 0.804. The van der Waals surface area contributed by atoms with Gasteiger partial charge in [-0.2, -0.15) is 0 Å². The molecule has 0 atom stereocenters. The van der Waals surface area contributed by atoms with Gasteiger partial charge in [-0.1, -0.05) is 12.1 Å². The maximum absolute atomic E-state index is 12.3. The number of rotatable bonds is 2. The zero-order valence-corrected chi connectivity index (χ0v) is 12.0. The number of nitrogens with zero attached hydrogens (tertiary/aromatic N) is 1. The van der Waals surface area contributed by atoms with Crippen molar-refractivity contribution in [2.24, 2.45) is 0 Å². The molecular formula is C13H11NOS3. The monoisotopic (exact) mass is 293 g/mol. The molecule has 92 valence electrons. The summed E-state index contributed by atoms with van der Waals surface area (Å²) in [6.07, 6.45) is 2.10. The first kappa shape index (κ1) is 12.0. The molecule has 3 rings (SSSR count). The molecule has 0 aromatic carbocycles. The molecule has 2 aromatic heterocycles. The highest BCUT2D eigenvalue weighted by Gasteiger charge is 2.25. The van der Waals surface area contributed by atoms with E-state index >= 15 is 0 Å². The molecule has 0 N–H and O–H groups in total. The Bertz CT molecular complexity index is 557. The SMILES string of the molecule is O=C(c1cccs1)N1CCS/C1=C/c1cccs1. The van der Waals surface area contributed by atoms with Crippen molar-refractivity contribution in [1.29, 1.82) is 0 Å². The fraction of sp³-hybridized carbons (Fsp3) is 0.154. The van der Waals surface area contributed by atoms with E-state index in [9.17, 15) is 4.79 Å². The van der Waals surface area contributed by atoms with Gasteiger partial charge in [0.05, 0.1) is 9.91 Å². The standard InChI is InChI=1S/C13H11NOS3/c15-13(11-4-2-7-17-11)14-5-8-18-12(14)9-10-3-1-6-16-10/h1-4,6-7,9H,5,8H2/b12-9+. The summed E-state index contributed by atoms with van der Waals surface area (Å²) in [5, 5.41) is 5.06. The molecule has 0 radical (unpaired) electrons. The van der Waals surface area contributed by atoms with Crippen molar-refractivity contribution in [1.82, 2.24) is 4.90 Å². The second kappa shape index (κ2) is 5.30. The molecule has 1 aliphatic rings. The molecule has 3 heterocycles. The maximum Gasteiger partial charge on any atom is 0.268 e. The van der Waals surface area contributed by atoms with E-state index < -0.39 is 0 Å². The van der Waals surface area contributed by atoms with Gasteiger partial charge in [0.25, 0.3) is 5.91 Å². The Morgan fingerprint density at radius 3 is 2.78 bits per heavy atom. The van der Waals surface area contributed by atoms with Crippen LogP contribution in [0.1, 0.15) is 14.5 Å². The van der Waals surface area contributed by atoms with Crippen molar-refractivity contribution in [3.8, 4) is 0 Å². The Morgan fingerprint density at radius 2 is 2.06 bits per heavy atom. The van der Waals surface area contributed by atoms with Gasteiger partial charge < -0.3 is 4.90 Å². The zero-order valence-electron chi connectivity index (χ0n) is 9.54. The second-order valence-electron chi connectivity index (χ2n) is 3.78. The lowest BCUT2D eigenvalue weighted by Gasteiger charge is -2.15. The lowest BCUT2D eigenvalue weighted by Crippen LogP contribution is -2.25. The van der Waals surface area contributed by atoms with Crippen molar-refractivity contribution in [2.75, 3.05) is 12.3 Å². The van der Waals surface area contributed by atoms with Crippen LogP contribution in [0.2, 0.25) is 0 Å². The summed E-state index contributed by atoms with van der Waals surface area (Å²) < 4.78 is 0. The van der Waals surface area contributed by atoms with Gasteiger partial charge in [-0.25, -0.2) is 0 Å². The summed E-state index contributed by atoms with van der Waals surface area (Å²) in [5.41, 5.74) is 0. The van der Waals surface area contributed by atoms with Gasteiger partial charge in [0.1, 0.15) is 0 Å². The molecule has 2 nitrogen and oxygen atoms in total. The molecule has 0 bridgehead atoms. The van der Waals surface area contributed by atoms with Crippen LogP contribution in [-0.4, -0.2) is 23.1 Å². The van der Waals surface area contributed by atoms with Crippen molar-refractivity contribution in [3.05, 3.63) is 49.8 Å². The van der Waals surface area contributed by atoms with E-state index in [2.05, 4.69) is 17.5 Å². The Morgan fingerprint density at radius 1 is 1.22 bits per heavy atom. The van der Waals surface area contributed by atoms with E-state index in [4.69, 9.17) is 0 Å². The smallest absolute Gasteiger partial charge is 0.268 e. The number of amides is 1. The number of hydrogen-bond donors (Lipinski definition) is 0. The summed E-state index contributed by atoms with van der Waals surface area (Å²) in [6, 6.07) is 7.91. The summed E-state index contributed by atoms with van der Waals surface area (Å²) >= 11 is 4.95. The van der Waals surface area contributed by atoms with Gasteiger partial charge >= 0.3 is 0 Å². The van der Waals surface area contributed by atoms with E-state index in [-0.39, 0.29) is 5.91 Å². The molecule has 0 saturated carbocycles. The summed E-state index contributed by atoms with van der Waals surface area (Å²) in [7, 11) is 0. The zero-order chi connectivity index (χ0) is 12.4. The molecule has 1 fully saturated rings. The van der Waals surface area contributed by atoms with E-state index in [0.717, 1.165) is 22.2 Å². The molecule has 18 heavy (non-hydrogen) atoms. The molecule has 5 heteroatoms. The Hall–Kier alpha value is -1.04. The topological polar surface area (TPSA) is 20.3 Å². The molecule has 1 saturated heterocycles. The van der Waals surface area contributed by atoms with Gasteiger partial charge in [0.15, 0.2) is 0 Å². The average Bonchev–Trinajstić information content (AvgIpc) is 3.12. The number of thioether (sulfide) groups is 1. The normalized spacial score (nSPS) is 17.6. The molecule has 2 aromatic rings. The number of thiophene rings is 2. The molecule has 0 unspecified atom stereocenters. The molecule has 0 aliphatic carbocycles. The van der Waals surface area contributed by atoms with Crippen molar-refractivity contribution in [2.45, 2.75) is 0 Å². The second-order valence-corrected chi connectivity index (χ2v) is 6.82. The van der Waals surface area contributed by atoms with Crippen LogP contribution < -0.4 is 0 Å². The number of hydrogen-bond acceptors (Lipinski definition) is 4. The van der Waals surface area contributed by atoms with Crippen LogP contribution in [-0.2, 0) is 0 Å². The van der Waals surface area contributed by atoms with E-state index in [1.165, 1.54) is 16.2 Å². The van der Waals surface area contributed by atoms with Crippen molar-refractivity contribution in [3.63, 3.8) is 0 Å². The lowest BCUT2D eigenvalue weighted by molar-refractivity contribution is 0.0835. The Balaban J connectivity index is 1.86. The number of carbonyl (C=O) groups is 1. The molecule has 0 spiro atoms. The maximum atomic E-state index is 12.3. The van der Waals surface area contributed by atoms with Gasteiger partial charge in [-0.15, -0.1) is 34.4 Å². The van der Waals surface area contributed by atoms with E-state index in [1.807, 2.05) is 28.5 Å². The van der Waals surface area contributed by atoms with Crippen LogP contribution in [0.3, 0.4) is 0 Å². The highest BCUT2D eigenvalue weighted by molar-refractivity contribution is 8.03.